The molecule has 0 radical (unpaired) electrons. The number of aliphatic hydroxyl groups excluding tert-OH is 2. The van der Waals surface area contributed by atoms with Crippen molar-refractivity contribution in [3.05, 3.63) is 0 Å². The van der Waals surface area contributed by atoms with Crippen LogP contribution in [0.4, 0.5) is 0 Å². The van der Waals surface area contributed by atoms with Gasteiger partial charge in [0.15, 0.2) is 0 Å². The summed E-state index contributed by atoms with van der Waals surface area (Å²) in [7, 11) is -7.60. The summed E-state index contributed by atoms with van der Waals surface area (Å²) in [6.45, 7) is 14.7. The first kappa shape index (κ1) is 26.9. The molecule has 13 heteroatoms. The largest absolute Gasteiger partial charge is 0.399 e. The zero-order valence-corrected chi connectivity index (χ0v) is 22.6. The monoisotopic (exact) mass is 526 g/mol. The molecule has 4 rings (SSSR count). The van der Waals surface area contributed by atoms with Gasteiger partial charge < -0.3 is 33.3 Å². The zero-order valence-electron chi connectivity index (χ0n) is 20.8. The van der Waals surface area contributed by atoms with Crippen LogP contribution in [0.2, 0.25) is 10.1 Å². The molecule has 0 aromatic carbocycles. The Hall–Kier alpha value is -0.193. The number of ether oxygens (including phenoxy) is 3. The maximum Gasteiger partial charge on any atom is 0.399 e. The van der Waals surface area contributed by atoms with Crippen molar-refractivity contribution in [1.29, 1.82) is 0 Å². The normalized spacial score (nSPS) is 45.1. The first-order chi connectivity index (χ1) is 15.4. The van der Waals surface area contributed by atoms with Crippen molar-refractivity contribution in [1.82, 2.24) is 0 Å². The summed E-state index contributed by atoms with van der Waals surface area (Å²) in [5.74, 6) is 0. The number of aliphatic hydroxyl groups is 2. The molecule has 0 bridgehead atoms. The van der Waals surface area contributed by atoms with Crippen molar-refractivity contribution in [3.8, 4) is 0 Å². The van der Waals surface area contributed by atoms with Gasteiger partial charge in [-0.15, -0.1) is 0 Å². The van der Waals surface area contributed by atoms with E-state index in [0.717, 1.165) is 0 Å². The van der Waals surface area contributed by atoms with Gasteiger partial charge in [0.1, 0.15) is 30.0 Å². The van der Waals surface area contributed by atoms with Crippen molar-refractivity contribution in [3.63, 3.8) is 0 Å². The first-order valence-electron chi connectivity index (χ1n) is 11.7. The van der Waals surface area contributed by atoms with E-state index in [1.807, 2.05) is 0 Å². The van der Waals surface area contributed by atoms with Crippen LogP contribution in [0.5, 0.6) is 0 Å². The Balaban J connectivity index is 1.55. The smallest absolute Gasteiger partial charge is 0.391 e. The molecule has 0 aromatic heterocycles. The predicted octanol–water partition coefficient (Wildman–Crippen LogP) is 1.42. The number of hydrogen-bond acceptors (Lipinski definition) is 10. The number of fused-ring (bicyclic) bond motifs is 3. The summed E-state index contributed by atoms with van der Waals surface area (Å²) < 4.78 is 67.3. The fourth-order valence-electron chi connectivity index (χ4n) is 6.09. The highest BCUT2D eigenvalue weighted by Gasteiger charge is 2.66. The van der Waals surface area contributed by atoms with Crippen LogP contribution >= 0.6 is 0 Å². The topological polar surface area (TPSA) is 150 Å². The average Bonchev–Trinajstić information content (AvgIpc) is 2.66. The van der Waals surface area contributed by atoms with E-state index in [-0.39, 0.29) is 22.6 Å². The molecule has 11 nitrogen and oxygen atoms in total. The molecule has 4 aliphatic heterocycles. The molecule has 4 saturated heterocycles. The lowest BCUT2D eigenvalue weighted by Crippen LogP contribution is -2.74. The van der Waals surface area contributed by atoms with Gasteiger partial charge in [0, 0.05) is 22.9 Å². The van der Waals surface area contributed by atoms with E-state index in [4.69, 9.17) is 27.6 Å². The van der Waals surface area contributed by atoms with Gasteiger partial charge in [-0.2, -0.15) is 8.42 Å². The van der Waals surface area contributed by atoms with Crippen LogP contribution in [0.3, 0.4) is 0 Å². The van der Waals surface area contributed by atoms with E-state index in [1.54, 1.807) is 6.92 Å². The van der Waals surface area contributed by atoms with Gasteiger partial charge in [-0.3, -0.25) is 4.55 Å². The van der Waals surface area contributed by atoms with Gasteiger partial charge in [-0.1, -0.05) is 41.5 Å². The zero-order chi connectivity index (χ0) is 25.5. The average molecular weight is 527 g/mol. The Morgan fingerprint density at radius 1 is 0.971 bits per heavy atom. The minimum atomic E-state index is -4.88. The van der Waals surface area contributed by atoms with Crippen LogP contribution in [0.1, 0.15) is 61.3 Å². The molecule has 0 unspecified atom stereocenters. The van der Waals surface area contributed by atoms with E-state index in [2.05, 4.69) is 45.7 Å². The SMILES string of the molecule is CC(C)(C)[Si]1(C(C)(C)C)OC[C@H]2O[C@H]3[C@@H](O)[C@@]4(C)O[C@@H](OS(=O)(=O)O)[C@@H](O)C[C@@H]4O[C@@H]3C[C@@H]2O1. The molecule has 0 aliphatic carbocycles. The Bertz CT molecular complexity index is 870. The molecule has 4 heterocycles. The van der Waals surface area contributed by atoms with E-state index in [1.165, 1.54) is 0 Å². The lowest BCUT2D eigenvalue weighted by molar-refractivity contribution is -0.370. The molecule has 198 valence electrons. The van der Waals surface area contributed by atoms with Crippen molar-refractivity contribution < 1.29 is 50.4 Å². The Labute approximate surface area is 202 Å². The second kappa shape index (κ2) is 8.41. The van der Waals surface area contributed by atoms with Crippen molar-refractivity contribution in [2.24, 2.45) is 0 Å². The molecule has 0 spiro atoms. The lowest BCUT2D eigenvalue weighted by Gasteiger charge is -2.60. The summed E-state index contributed by atoms with van der Waals surface area (Å²) in [6.07, 6.45) is -6.62. The molecule has 9 atom stereocenters. The third kappa shape index (κ3) is 4.40. The van der Waals surface area contributed by atoms with Crippen LogP contribution in [0.25, 0.3) is 0 Å². The fraction of sp³-hybridized carbons (Fsp3) is 1.00. The van der Waals surface area contributed by atoms with E-state index in [9.17, 15) is 18.6 Å². The fourth-order valence-corrected chi connectivity index (χ4v) is 11.5. The molecule has 4 aliphatic rings. The van der Waals surface area contributed by atoms with Crippen LogP contribution < -0.4 is 0 Å². The van der Waals surface area contributed by atoms with Gasteiger partial charge in [0.2, 0.25) is 6.29 Å². The van der Waals surface area contributed by atoms with E-state index < -0.39 is 67.5 Å². The second-order valence-electron chi connectivity index (χ2n) is 12.1. The Morgan fingerprint density at radius 3 is 2.15 bits per heavy atom. The summed E-state index contributed by atoms with van der Waals surface area (Å²) in [6, 6.07) is 0. The molecule has 3 N–H and O–H groups in total. The standard InChI is InChI=1S/C21H38O11SSi/c1-19(2,3)34(20(4,5)6)27-10-14-12(32-34)9-13-16(29-14)17(23)21(7)15(28-13)8-11(22)18(30-21)31-33(24,25)26/h11-18,22-23H,8-10H2,1-7H3,(H,24,25,26)/t11-,12-,13+,14+,15-,16+,17+,18-,21-/m0/s1. The quantitative estimate of drug-likeness (QED) is 0.354. The van der Waals surface area contributed by atoms with Gasteiger partial charge in [-0.05, 0) is 6.92 Å². The van der Waals surface area contributed by atoms with Crippen LogP contribution in [-0.4, -0.2) is 93.0 Å². The minimum absolute atomic E-state index is 0.0578. The van der Waals surface area contributed by atoms with E-state index in [0.29, 0.717) is 13.0 Å². The second-order valence-corrected chi connectivity index (χ2v) is 17.9. The maximum atomic E-state index is 11.3. The number of rotatable bonds is 2. The highest BCUT2D eigenvalue weighted by molar-refractivity contribution is 7.80. The molecule has 0 saturated carbocycles. The Kier molecular flexibility index (Phi) is 6.65. The van der Waals surface area contributed by atoms with Gasteiger partial charge >= 0.3 is 19.0 Å². The van der Waals surface area contributed by atoms with Gasteiger partial charge in [-0.25, -0.2) is 4.18 Å². The molecule has 34 heavy (non-hydrogen) atoms. The minimum Gasteiger partial charge on any atom is -0.391 e. The van der Waals surface area contributed by atoms with Crippen LogP contribution in [-0.2, 0) is 37.6 Å². The van der Waals surface area contributed by atoms with Crippen LogP contribution in [0, 0.1) is 0 Å². The lowest BCUT2D eigenvalue weighted by atomic mass is 9.77. The highest BCUT2D eigenvalue weighted by atomic mass is 32.3. The molecule has 0 amide bonds. The summed E-state index contributed by atoms with van der Waals surface area (Å²) >= 11 is 0. The van der Waals surface area contributed by atoms with Crippen molar-refractivity contribution in [2.75, 3.05) is 6.61 Å². The van der Waals surface area contributed by atoms with Crippen molar-refractivity contribution in [2.45, 2.75) is 126 Å². The molecule has 0 aromatic rings. The maximum absolute atomic E-state index is 11.3. The van der Waals surface area contributed by atoms with E-state index >= 15 is 0 Å². The third-order valence-corrected chi connectivity index (χ3v) is 13.1. The number of hydrogen-bond donors (Lipinski definition) is 3. The first-order valence-corrected chi connectivity index (χ1v) is 14.9. The highest BCUT2D eigenvalue weighted by Crippen LogP contribution is 2.56. The third-order valence-electron chi connectivity index (χ3n) is 7.55. The molecular formula is C21H38O11SSi. The van der Waals surface area contributed by atoms with Crippen LogP contribution in [0.15, 0.2) is 0 Å². The summed E-state index contributed by atoms with van der Waals surface area (Å²) in [4.78, 5) is 0. The summed E-state index contributed by atoms with van der Waals surface area (Å²) in [5.41, 5.74) is -1.44. The molecule has 4 fully saturated rings. The van der Waals surface area contributed by atoms with Crippen molar-refractivity contribution >= 4 is 19.0 Å². The van der Waals surface area contributed by atoms with Gasteiger partial charge in [0.05, 0.1) is 24.9 Å². The molecular weight excluding hydrogens is 488 g/mol. The Morgan fingerprint density at radius 2 is 1.59 bits per heavy atom. The van der Waals surface area contributed by atoms with Gasteiger partial charge in [0.25, 0.3) is 0 Å². The summed E-state index contributed by atoms with van der Waals surface area (Å²) in [5, 5.41) is 21.2. The predicted molar refractivity (Wildman–Crippen MR) is 120 cm³/mol.